The molecule has 0 N–H and O–H groups in total. The molecule has 0 bridgehead atoms. The fourth-order valence-corrected chi connectivity index (χ4v) is 1.95. The molecular formula is C13H12F3NO. The fourth-order valence-electron chi connectivity index (χ4n) is 1.95. The van der Waals surface area contributed by atoms with Gasteiger partial charge in [-0.3, -0.25) is 0 Å². The summed E-state index contributed by atoms with van der Waals surface area (Å²) in [5, 5.41) is 0.630. The monoisotopic (exact) mass is 255 g/mol. The van der Waals surface area contributed by atoms with Crippen LogP contribution in [0, 0.1) is 13.8 Å². The van der Waals surface area contributed by atoms with E-state index in [2.05, 4.69) is 4.98 Å². The molecule has 5 heteroatoms. The van der Waals surface area contributed by atoms with Crippen molar-refractivity contribution in [1.82, 2.24) is 4.98 Å². The molecule has 0 spiro atoms. The Morgan fingerprint density at radius 3 is 2.33 bits per heavy atom. The number of methoxy groups -OCH3 is 1. The Kier molecular flexibility index (Phi) is 2.92. The van der Waals surface area contributed by atoms with E-state index in [0.29, 0.717) is 27.8 Å². The Labute approximate surface area is 102 Å². The standard InChI is InChI=1S/C13H12F3NO/c1-7-4-5-9(18-3)11-8(2)6-10(13(14,15)16)17-12(7)11/h4-6H,1-3H3. The topological polar surface area (TPSA) is 22.1 Å². The summed E-state index contributed by atoms with van der Waals surface area (Å²) in [4.78, 5) is 3.71. The molecule has 0 saturated carbocycles. The highest BCUT2D eigenvalue weighted by atomic mass is 19.4. The largest absolute Gasteiger partial charge is 0.496 e. The summed E-state index contributed by atoms with van der Waals surface area (Å²) < 4.78 is 43.3. The first-order chi connectivity index (χ1) is 8.34. The molecule has 0 fully saturated rings. The van der Waals surface area contributed by atoms with Gasteiger partial charge in [-0.2, -0.15) is 13.2 Å². The van der Waals surface area contributed by atoms with E-state index >= 15 is 0 Å². The summed E-state index contributed by atoms with van der Waals surface area (Å²) in [6.45, 7) is 3.36. The van der Waals surface area contributed by atoms with Crippen molar-refractivity contribution in [1.29, 1.82) is 0 Å². The molecule has 0 atom stereocenters. The molecule has 0 unspecified atom stereocenters. The first kappa shape index (κ1) is 12.7. The van der Waals surface area contributed by atoms with E-state index in [4.69, 9.17) is 4.74 Å². The fraction of sp³-hybridized carbons (Fsp3) is 0.308. The second-order valence-electron chi connectivity index (χ2n) is 4.13. The number of rotatable bonds is 1. The maximum Gasteiger partial charge on any atom is 0.433 e. The lowest BCUT2D eigenvalue weighted by molar-refractivity contribution is -0.141. The van der Waals surface area contributed by atoms with Gasteiger partial charge < -0.3 is 4.74 Å². The third-order valence-electron chi connectivity index (χ3n) is 2.83. The second kappa shape index (κ2) is 4.15. The number of benzene rings is 1. The number of aryl methyl sites for hydroxylation is 2. The van der Waals surface area contributed by atoms with E-state index in [-0.39, 0.29) is 0 Å². The number of halogens is 3. The molecule has 0 aliphatic heterocycles. The van der Waals surface area contributed by atoms with Crippen LogP contribution in [0.1, 0.15) is 16.8 Å². The average molecular weight is 255 g/mol. The number of aromatic nitrogens is 1. The molecule has 0 radical (unpaired) electrons. The molecule has 2 rings (SSSR count). The van der Waals surface area contributed by atoms with Gasteiger partial charge in [-0.25, -0.2) is 4.98 Å². The highest BCUT2D eigenvalue weighted by Gasteiger charge is 2.33. The van der Waals surface area contributed by atoms with Crippen molar-refractivity contribution in [2.75, 3.05) is 7.11 Å². The quantitative estimate of drug-likeness (QED) is 0.771. The van der Waals surface area contributed by atoms with Crippen LogP contribution in [0.2, 0.25) is 0 Å². The Bertz CT molecular complexity index is 605. The summed E-state index contributed by atoms with van der Waals surface area (Å²) in [6.07, 6.45) is -4.44. The molecule has 18 heavy (non-hydrogen) atoms. The van der Waals surface area contributed by atoms with Crippen LogP contribution in [-0.4, -0.2) is 12.1 Å². The Morgan fingerprint density at radius 2 is 1.78 bits per heavy atom. The Hall–Kier alpha value is -1.78. The molecule has 0 aliphatic carbocycles. The lowest BCUT2D eigenvalue weighted by Gasteiger charge is -2.13. The van der Waals surface area contributed by atoms with Crippen molar-refractivity contribution in [2.45, 2.75) is 20.0 Å². The Morgan fingerprint density at radius 1 is 1.11 bits per heavy atom. The maximum atomic E-state index is 12.7. The SMILES string of the molecule is COc1ccc(C)c2nc(C(F)(F)F)cc(C)c12. The van der Waals surface area contributed by atoms with Gasteiger partial charge >= 0.3 is 6.18 Å². The number of nitrogens with zero attached hydrogens (tertiary/aromatic N) is 1. The van der Waals surface area contributed by atoms with Crippen molar-refractivity contribution in [2.24, 2.45) is 0 Å². The van der Waals surface area contributed by atoms with E-state index in [1.54, 1.807) is 26.0 Å². The van der Waals surface area contributed by atoms with Gasteiger partial charge in [0.05, 0.1) is 12.6 Å². The first-order valence-corrected chi connectivity index (χ1v) is 5.36. The zero-order valence-corrected chi connectivity index (χ0v) is 10.2. The third kappa shape index (κ3) is 2.00. The van der Waals surface area contributed by atoms with Crippen molar-refractivity contribution in [3.63, 3.8) is 0 Å². The molecule has 96 valence electrons. The normalized spacial score (nSPS) is 11.9. The number of pyridine rings is 1. The van der Waals surface area contributed by atoms with E-state index < -0.39 is 11.9 Å². The number of hydrogen-bond acceptors (Lipinski definition) is 2. The highest BCUT2D eigenvalue weighted by Crippen LogP contribution is 2.35. The number of hydrogen-bond donors (Lipinski definition) is 0. The van der Waals surface area contributed by atoms with Crippen LogP contribution in [0.4, 0.5) is 13.2 Å². The summed E-state index contributed by atoms with van der Waals surface area (Å²) in [7, 11) is 1.49. The summed E-state index contributed by atoms with van der Waals surface area (Å²) in [5.74, 6) is 0.536. The van der Waals surface area contributed by atoms with Crippen molar-refractivity contribution >= 4 is 10.9 Å². The predicted octanol–water partition coefficient (Wildman–Crippen LogP) is 3.88. The molecular weight excluding hydrogens is 243 g/mol. The molecule has 0 aliphatic rings. The minimum Gasteiger partial charge on any atom is -0.496 e. The van der Waals surface area contributed by atoms with E-state index in [0.717, 1.165) is 6.07 Å². The molecule has 1 aromatic carbocycles. The van der Waals surface area contributed by atoms with Crippen LogP contribution < -0.4 is 4.74 Å². The van der Waals surface area contributed by atoms with E-state index in [1.165, 1.54) is 7.11 Å². The smallest absolute Gasteiger partial charge is 0.433 e. The van der Waals surface area contributed by atoms with Crippen LogP contribution in [0.5, 0.6) is 5.75 Å². The minimum atomic E-state index is -4.44. The van der Waals surface area contributed by atoms with Gasteiger partial charge in [0.15, 0.2) is 0 Å². The van der Waals surface area contributed by atoms with Gasteiger partial charge in [-0.05, 0) is 37.1 Å². The van der Waals surface area contributed by atoms with E-state index in [1.807, 2.05) is 0 Å². The molecule has 1 heterocycles. The predicted molar refractivity (Wildman–Crippen MR) is 62.8 cm³/mol. The highest BCUT2D eigenvalue weighted by molar-refractivity contribution is 5.90. The lowest BCUT2D eigenvalue weighted by Crippen LogP contribution is -2.09. The first-order valence-electron chi connectivity index (χ1n) is 5.36. The molecule has 0 amide bonds. The van der Waals surface area contributed by atoms with E-state index in [9.17, 15) is 13.2 Å². The summed E-state index contributed by atoms with van der Waals surface area (Å²) in [6, 6.07) is 4.48. The van der Waals surface area contributed by atoms with Crippen LogP contribution >= 0.6 is 0 Å². The molecule has 1 aromatic heterocycles. The second-order valence-corrected chi connectivity index (χ2v) is 4.13. The van der Waals surface area contributed by atoms with Crippen LogP contribution in [-0.2, 0) is 6.18 Å². The van der Waals surface area contributed by atoms with Crippen LogP contribution in [0.3, 0.4) is 0 Å². The van der Waals surface area contributed by atoms with Gasteiger partial charge in [0.25, 0.3) is 0 Å². The van der Waals surface area contributed by atoms with Gasteiger partial charge in [0, 0.05) is 5.39 Å². The molecule has 2 nitrogen and oxygen atoms in total. The van der Waals surface area contributed by atoms with Crippen molar-refractivity contribution < 1.29 is 17.9 Å². The number of ether oxygens (including phenoxy) is 1. The molecule has 2 aromatic rings. The lowest BCUT2D eigenvalue weighted by atomic mass is 10.0. The van der Waals surface area contributed by atoms with Crippen LogP contribution in [0.25, 0.3) is 10.9 Å². The van der Waals surface area contributed by atoms with Crippen molar-refractivity contribution in [3.05, 3.63) is 35.0 Å². The zero-order chi connectivity index (χ0) is 13.5. The van der Waals surface area contributed by atoms with Gasteiger partial charge in [0.1, 0.15) is 11.4 Å². The van der Waals surface area contributed by atoms with Crippen molar-refractivity contribution in [3.8, 4) is 5.75 Å². The van der Waals surface area contributed by atoms with Crippen LogP contribution in [0.15, 0.2) is 18.2 Å². The molecule has 0 saturated heterocycles. The zero-order valence-electron chi connectivity index (χ0n) is 10.2. The Balaban J connectivity index is 2.85. The van der Waals surface area contributed by atoms with Gasteiger partial charge in [-0.15, -0.1) is 0 Å². The van der Waals surface area contributed by atoms with Gasteiger partial charge in [-0.1, -0.05) is 6.07 Å². The summed E-state index contributed by atoms with van der Waals surface area (Å²) in [5.41, 5.74) is 0.665. The minimum absolute atomic E-state index is 0.335. The third-order valence-corrected chi connectivity index (χ3v) is 2.83. The number of alkyl halides is 3. The average Bonchev–Trinajstić information content (AvgIpc) is 2.29. The number of fused-ring (bicyclic) bond motifs is 1. The maximum absolute atomic E-state index is 12.7. The summed E-state index contributed by atoms with van der Waals surface area (Å²) >= 11 is 0. The van der Waals surface area contributed by atoms with Gasteiger partial charge in [0.2, 0.25) is 0 Å².